The lowest BCUT2D eigenvalue weighted by Crippen LogP contribution is -2.09. The molecule has 0 saturated carbocycles. The Morgan fingerprint density at radius 3 is 2.79 bits per heavy atom. The molecule has 14 heavy (non-hydrogen) atoms. The number of aryl methyl sites for hydroxylation is 1. The van der Waals surface area contributed by atoms with Gasteiger partial charge in [0.15, 0.2) is 0 Å². The van der Waals surface area contributed by atoms with Crippen LogP contribution in [0.15, 0.2) is 29.3 Å². The normalized spacial score (nSPS) is 10.8. The predicted octanol–water partition coefficient (Wildman–Crippen LogP) is 2.63. The van der Waals surface area contributed by atoms with Crippen LogP contribution in [0.2, 0.25) is 0 Å². The summed E-state index contributed by atoms with van der Waals surface area (Å²) in [5.41, 5.74) is 0.503. The molecule has 4 heteroatoms. The van der Waals surface area contributed by atoms with Crippen molar-refractivity contribution in [3.8, 4) is 0 Å². The van der Waals surface area contributed by atoms with Crippen molar-refractivity contribution in [3.63, 3.8) is 0 Å². The zero-order valence-corrected chi connectivity index (χ0v) is 7.63. The van der Waals surface area contributed by atoms with Gasteiger partial charge < -0.3 is 0 Å². The molecular weight excluding hydrogens is 188 g/mol. The molecule has 0 aromatic heterocycles. The maximum absolute atomic E-state index is 13.0. The van der Waals surface area contributed by atoms with Gasteiger partial charge in [0.25, 0.3) is 0 Å². The van der Waals surface area contributed by atoms with Crippen LogP contribution >= 0.6 is 0 Å². The van der Waals surface area contributed by atoms with Crippen molar-refractivity contribution >= 4 is 6.08 Å². The van der Waals surface area contributed by atoms with E-state index in [9.17, 15) is 13.6 Å². The van der Waals surface area contributed by atoms with Crippen LogP contribution in [0.1, 0.15) is 18.1 Å². The van der Waals surface area contributed by atoms with Crippen molar-refractivity contribution in [2.45, 2.75) is 19.4 Å². The Hall–Kier alpha value is -1.54. The van der Waals surface area contributed by atoms with E-state index in [1.54, 1.807) is 6.07 Å². The highest BCUT2D eigenvalue weighted by molar-refractivity contribution is 5.36. The number of halogens is 2. The molecule has 0 unspecified atom stereocenters. The van der Waals surface area contributed by atoms with E-state index >= 15 is 0 Å². The van der Waals surface area contributed by atoms with Crippen molar-refractivity contribution in [2.75, 3.05) is 0 Å². The fourth-order valence-corrected chi connectivity index (χ4v) is 1.10. The molecule has 0 bridgehead atoms. The van der Waals surface area contributed by atoms with E-state index in [2.05, 4.69) is 4.99 Å². The summed E-state index contributed by atoms with van der Waals surface area (Å²) in [6.45, 7) is 1.86. The number of carbonyl (C=O) groups excluding carboxylic acids is 1. The summed E-state index contributed by atoms with van der Waals surface area (Å²) < 4.78 is 26.1. The van der Waals surface area contributed by atoms with Crippen molar-refractivity contribution in [1.29, 1.82) is 0 Å². The predicted molar refractivity (Wildman–Crippen MR) is 47.8 cm³/mol. The quantitative estimate of drug-likeness (QED) is 0.416. The smallest absolute Gasteiger partial charge is 0.211 e. The first-order valence-corrected chi connectivity index (χ1v) is 4.16. The summed E-state index contributed by atoms with van der Waals surface area (Å²) in [4.78, 5) is 12.2. The Labute approximate surface area is 80.3 Å². The minimum absolute atomic E-state index is 0.278. The number of rotatable bonds is 3. The number of nitrogens with zero attached hydrogens (tertiary/aromatic N) is 1. The number of aliphatic imine (C=N–C) groups is 1. The lowest BCUT2D eigenvalue weighted by atomic mass is 10.1. The minimum Gasteiger partial charge on any atom is -0.211 e. The Balaban J connectivity index is 3.11. The fraction of sp³-hybridized carbons (Fsp3) is 0.300. The monoisotopic (exact) mass is 197 g/mol. The van der Waals surface area contributed by atoms with Gasteiger partial charge in [-0.3, -0.25) is 0 Å². The number of hydrogen-bond acceptors (Lipinski definition) is 2. The van der Waals surface area contributed by atoms with Crippen molar-refractivity contribution in [2.24, 2.45) is 4.99 Å². The van der Waals surface area contributed by atoms with E-state index in [4.69, 9.17) is 0 Å². The summed E-state index contributed by atoms with van der Waals surface area (Å²) >= 11 is 0. The maximum Gasteiger partial charge on any atom is 0.379 e. The molecule has 0 amide bonds. The molecule has 1 aromatic carbocycles. The molecule has 0 aliphatic carbocycles. The molecule has 0 radical (unpaired) electrons. The highest BCUT2D eigenvalue weighted by Crippen LogP contribution is 2.29. The molecule has 0 spiro atoms. The Bertz CT molecular complexity index is 370. The summed E-state index contributed by atoms with van der Waals surface area (Å²) in [5, 5.41) is 0. The van der Waals surface area contributed by atoms with Gasteiger partial charge in [0, 0.05) is 5.56 Å². The Morgan fingerprint density at radius 1 is 1.50 bits per heavy atom. The van der Waals surface area contributed by atoms with Gasteiger partial charge in [0.2, 0.25) is 6.08 Å². The largest absolute Gasteiger partial charge is 0.379 e. The summed E-state index contributed by atoms with van der Waals surface area (Å²) in [6.07, 6.45) is 1.53. The van der Waals surface area contributed by atoms with Gasteiger partial charge >= 0.3 is 6.05 Å². The molecule has 1 aromatic rings. The Morgan fingerprint density at radius 2 is 2.21 bits per heavy atom. The molecule has 1 rings (SSSR count). The molecule has 0 fully saturated rings. The molecule has 0 N–H and O–H groups in total. The number of isocyanates is 1. The molecule has 2 nitrogen and oxygen atoms in total. The third kappa shape index (κ3) is 2.24. The van der Waals surface area contributed by atoms with E-state index in [0.717, 1.165) is 11.6 Å². The van der Waals surface area contributed by atoms with Crippen LogP contribution in [0.5, 0.6) is 0 Å². The molecule has 0 heterocycles. The lowest BCUT2D eigenvalue weighted by Gasteiger charge is -2.09. The van der Waals surface area contributed by atoms with Gasteiger partial charge in [-0.1, -0.05) is 25.1 Å². The first-order chi connectivity index (χ1) is 6.60. The summed E-state index contributed by atoms with van der Waals surface area (Å²) in [7, 11) is 0. The van der Waals surface area contributed by atoms with Crippen LogP contribution in [0.4, 0.5) is 8.78 Å². The van der Waals surface area contributed by atoms with Crippen LogP contribution in [0.25, 0.3) is 0 Å². The molecule has 0 atom stereocenters. The molecule has 74 valence electrons. The second kappa shape index (κ2) is 4.11. The van der Waals surface area contributed by atoms with Crippen LogP contribution in [-0.2, 0) is 17.3 Å². The lowest BCUT2D eigenvalue weighted by molar-refractivity contribution is 0.00610. The van der Waals surface area contributed by atoms with E-state index in [1.165, 1.54) is 18.2 Å². The Kier molecular flexibility index (Phi) is 3.10. The van der Waals surface area contributed by atoms with Crippen LogP contribution in [-0.4, -0.2) is 6.08 Å². The summed E-state index contributed by atoms with van der Waals surface area (Å²) in [5.74, 6) is 0. The highest BCUT2D eigenvalue weighted by Gasteiger charge is 2.30. The average Bonchev–Trinajstić information content (AvgIpc) is 2.18. The maximum atomic E-state index is 13.0. The van der Waals surface area contributed by atoms with Gasteiger partial charge in [0.1, 0.15) is 0 Å². The average molecular weight is 197 g/mol. The van der Waals surface area contributed by atoms with E-state index in [-0.39, 0.29) is 5.56 Å². The van der Waals surface area contributed by atoms with E-state index in [0.29, 0.717) is 6.42 Å². The number of hydrogen-bond donors (Lipinski definition) is 0. The number of alkyl halides is 2. The second-order valence-corrected chi connectivity index (χ2v) is 2.80. The van der Waals surface area contributed by atoms with Gasteiger partial charge in [0.05, 0.1) is 0 Å². The summed E-state index contributed by atoms with van der Waals surface area (Å²) in [6, 6.07) is 2.36. The standard InChI is InChI=1S/C10H9F2NO/c1-2-8-4-3-5-9(6-8)10(11,12)13-7-14/h3-6H,2H2,1H3. The van der Waals surface area contributed by atoms with Gasteiger partial charge in [-0.15, -0.1) is 4.99 Å². The van der Waals surface area contributed by atoms with E-state index in [1.807, 2.05) is 6.92 Å². The third-order valence-electron chi connectivity index (χ3n) is 1.87. The van der Waals surface area contributed by atoms with Gasteiger partial charge in [-0.25, -0.2) is 4.79 Å². The molecular formula is C10H9F2NO. The van der Waals surface area contributed by atoms with Crippen LogP contribution in [0.3, 0.4) is 0 Å². The first kappa shape index (κ1) is 10.5. The zero-order chi connectivity index (χ0) is 10.6. The van der Waals surface area contributed by atoms with Crippen LogP contribution < -0.4 is 0 Å². The first-order valence-electron chi connectivity index (χ1n) is 4.16. The second-order valence-electron chi connectivity index (χ2n) is 2.80. The zero-order valence-electron chi connectivity index (χ0n) is 7.63. The van der Waals surface area contributed by atoms with Crippen LogP contribution in [0, 0.1) is 0 Å². The number of benzene rings is 1. The van der Waals surface area contributed by atoms with Gasteiger partial charge in [-0.05, 0) is 18.1 Å². The topological polar surface area (TPSA) is 29.4 Å². The van der Waals surface area contributed by atoms with Gasteiger partial charge in [-0.2, -0.15) is 8.78 Å². The molecule has 0 aliphatic heterocycles. The van der Waals surface area contributed by atoms with Crippen molar-refractivity contribution in [1.82, 2.24) is 0 Å². The SMILES string of the molecule is CCc1cccc(C(F)(F)N=C=O)c1. The fourth-order valence-electron chi connectivity index (χ4n) is 1.10. The molecule has 0 aliphatic rings. The minimum atomic E-state index is -3.47. The van der Waals surface area contributed by atoms with Crippen molar-refractivity contribution in [3.05, 3.63) is 35.4 Å². The van der Waals surface area contributed by atoms with E-state index < -0.39 is 6.05 Å². The van der Waals surface area contributed by atoms with Crippen molar-refractivity contribution < 1.29 is 13.6 Å². The highest BCUT2D eigenvalue weighted by atomic mass is 19.3. The molecule has 0 saturated heterocycles. The third-order valence-corrected chi connectivity index (χ3v) is 1.87.